The second-order valence-corrected chi connectivity index (χ2v) is 6.32. The van der Waals surface area contributed by atoms with Crippen LogP contribution in [0.5, 0.6) is 0 Å². The summed E-state index contributed by atoms with van der Waals surface area (Å²) in [5.74, 6) is 0. The summed E-state index contributed by atoms with van der Waals surface area (Å²) < 4.78 is 0. The number of aromatic nitrogens is 1. The molecule has 8 heteroatoms. The molecule has 1 aromatic rings. The molecule has 2 rings (SSSR count). The van der Waals surface area contributed by atoms with Crippen LogP contribution in [-0.2, 0) is 13.1 Å². The van der Waals surface area contributed by atoms with Gasteiger partial charge in [-0.2, -0.15) is 5.10 Å². The van der Waals surface area contributed by atoms with Crippen LogP contribution in [0.4, 0.5) is 0 Å². The Morgan fingerprint density at radius 2 is 1.95 bits per heavy atom. The van der Waals surface area contributed by atoms with Crippen LogP contribution in [0.3, 0.4) is 0 Å². The number of thiocarbonyl (C=S) groups is 1. The molecular weight excluding hydrogens is 379 g/mol. The summed E-state index contributed by atoms with van der Waals surface area (Å²) in [5.41, 5.74) is 3.74. The number of pyridine rings is 1. The second-order valence-electron chi connectivity index (χ2n) is 4.37. The van der Waals surface area contributed by atoms with Gasteiger partial charge >= 0.3 is 33.3 Å². The first kappa shape index (κ1) is 18.7. The van der Waals surface area contributed by atoms with Crippen LogP contribution in [-0.4, -0.2) is 34.3 Å². The molecule has 0 spiro atoms. The normalized spacial score (nSPS) is 15.2. The molecule has 0 aliphatic carbocycles. The molecule has 2 heterocycles. The van der Waals surface area contributed by atoms with Crippen molar-refractivity contribution in [1.29, 1.82) is 0 Å². The van der Waals surface area contributed by atoms with Gasteiger partial charge in [0.2, 0.25) is 0 Å². The SMILES string of the molecule is S=C(N/N=C/c1ccccn1)N1CCCCCC1.[Cl][Cu][Cl]. The van der Waals surface area contributed by atoms with E-state index in [-0.39, 0.29) is 0 Å². The van der Waals surface area contributed by atoms with Gasteiger partial charge in [0.05, 0.1) is 11.9 Å². The summed E-state index contributed by atoms with van der Waals surface area (Å²) in [6, 6.07) is 5.72. The van der Waals surface area contributed by atoms with Crippen LogP contribution in [0.25, 0.3) is 0 Å². The molecule has 1 aliphatic heterocycles. The quantitative estimate of drug-likeness (QED) is 0.359. The number of likely N-dealkylation sites (tertiary alicyclic amines) is 1. The van der Waals surface area contributed by atoms with Gasteiger partial charge in [-0.25, -0.2) is 0 Å². The molecule has 0 unspecified atom stereocenters. The first-order valence-electron chi connectivity index (χ1n) is 6.58. The zero-order valence-corrected chi connectivity index (χ0v) is 14.7. The third kappa shape index (κ3) is 8.59. The van der Waals surface area contributed by atoms with Crippen molar-refractivity contribution in [3.05, 3.63) is 30.1 Å². The third-order valence-electron chi connectivity index (χ3n) is 2.94. The van der Waals surface area contributed by atoms with E-state index in [1.807, 2.05) is 18.2 Å². The van der Waals surface area contributed by atoms with Gasteiger partial charge in [-0.3, -0.25) is 10.4 Å². The average molecular weight is 397 g/mol. The van der Waals surface area contributed by atoms with Crippen molar-refractivity contribution in [3.8, 4) is 0 Å². The molecule has 121 valence electrons. The predicted octanol–water partition coefficient (Wildman–Crippen LogP) is 3.54. The van der Waals surface area contributed by atoms with Gasteiger partial charge in [0.25, 0.3) is 0 Å². The zero-order valence-electron chi connectivity index (χ0n) is 11.4. The average Bonchev–Trinajstić information content (AvgIpc) is 2.78. The molecule has 1 N–H and O–H groups in total. The summed E-state index contributed by atoms with van der Waals surface area (Å²) in [7, 11) is 9.34. The Balaban J connectivity index is 0.000000677. The predicted molar refractivity (Wildman–Crippen MR) is 89.3 cm³/mol. The minimum absolute atomic E-state index is 0.712. The van der Waals surface area contributed by atoms with Crippen molar-refractivity contribution in [2.24, 2.45) is 5.10 Å². The first-order chi connectivity index (χ1) is 10.3. The summed E-state index contributed by atoms with van der Waals surface area (Å²) in [6.07, 6.45) is 8.46. The molecule has 21 heavy (non-hydrogen) atoms. The monoisotopic (exact) mass is 395 g/mol. The van der Waals surface area contributed by atoms with Crippen molar-refractivity contribution >= 4 is 43.7 Å². The van der Waals surface area contributed by atoms with Crippen LogP contribution in [0.15, 0.2) is 29.5 Å². The summed E-state index contributed by atoms with van der Waals surface area (Å²) in [6.45, 7) is 2.07. The topological polar surface area (TPSA) is 40.5 Å². The van der Waals surface area contributed by atoms with Gasteiger partial charge < -0.3 is 4.90 Å². The van der Waals surface area contributed by atoms with Gasteiger partial charge in [0.1, 0.15) is 0 Å². The van der Waals surface area contributed by atoms with E-state index in [4.69, 9.17) is 12.2 Å². The number of nitrogens with one attached hydrogen (secondary N) is 1. The standard InChI is InChI=1S/C13H18N4S.2ClH.Cu/c18-13(17-9-5-1-2-6-10-17)16-15-11-12-7-3-4-8-14-12;;;/h3-4,7-8,11H,1-2,5-6,9-10H2,(H,16,18);2*1H;/q;;;+2/p-2/b15-11+;;;. The molecule has 4 nitrogen and oxygen atoms in total. The Hall–Kier alpha value is -0.391. The molecule has 1 aliphatic rings. The number of hydrogen-bond acceptors (Lipinski definition) is 3. The Bertz CT molecular complexity index is 425. The fourth-order valence-electron chi connectivity index (χ4n) is 1.95. The fourth-order valence-corrected chi connectivity index (χ4v) is 2.19. The second kappa shape index (κ2) is 12.2. The van der Waals surface area contributed by atoms with Crippen LogP contribution in [0.1, 0.15) is 31.4 Å². The van der Waals surface area contributed by atoms with E-state index in [1.165, 1.54) is 25.7 Å². The molecule has 1 saturated heterocycles. The number of hydrazone groups is 1. The van der Waals surface area contributed by atoms with E-state index in [2.05, 4.69) is 40.6 Å². The van der Waals surface area contributed by atoms with E-state index in [1.54, 1.807) is 12.4 Å². The van der Waals surface area contributed by atoms with E-state index in [0.29, 0.717) is 5.11 Å². The van der Waals surface area contributed by atoms with E-state index in [9.17, 15) is 0 Å². The molecule has 1 fully saturated rings. The molecule has 1 aromatic heterocycles. The Morgan fingerprint density at radius 1 is 1.29 bits per heavy atom. The molecule has 0 saturated carbocycles. The maximum atomic E-state index is 5.33. The summed E-state index contributed by atoms with van der Waals surface area (Å²) in [4.78, 5) is 6.35. The summed E-state index contributed by atoms with van der Waals surface area (Å²) in [5, 5.41) is 4.84. The van der Waals surface area contributed by atoms with E-state index >= 15 is 0 Å². The van der Waals surface area contributed by atoms with Crippen LogP contribution in [0, 0.1) is 0 Å². The van der Waals surface area contributed by atoms with Crippen LogP contribution in [0.2, 0.25) is 0 Å². The van der Waals surface area contributed by atoms with Crippen molar-refractivity contribution in [3.63, 3.8) is 0 Å². The maximum absolute atomic E-state index is 5.33. The molecular formula is C13H18Cl2CuN4S. The minimum atomic E-state index is 0.712. The van der Waals surface area contributed by atoms with Gasteiger partial charge in [-0.05, 0) is 37.2 Å². The van der Waals surface area contributed by atoms with Crippen molar-refractivity contribution in [2.45, 2.75) is 25.7 Å². The molecule has 0 amide bonds. The molecule has 0 radical (unpaired) electrons. The van der Waals surface area contributed by atoms with Gasteiger partial charge in [-0.1, -0.05) is 18.9 Å². The first-order valence-corrected chi connectivity index (χ1v) is 9.58. The number of rotatable bonds is 2. The number of hydrogen-bond donors (Lipinski definition) is 1. The van der Waals surface area contributed by atoms with Crippen molar-refractivity contribution < 1.29 is 13.1 Å². The van der Waals surface area contributed by atoms with Gasteiger partial charge in [-0.15, -0.1) is 0 Å². The van der Waals surface area contributed by atoms with E-state index in [0.717, 1.165) is 31.9 Å². The fraction of sp³-hybridized carbons (Fsp3) is 0.462. The zero-order chi connectivity index (χ0) is 15.3. The number of halogens is 2. The molecule has 0 aromatic carbocycles. The van der Waals surface area contributed by atoms with Crippen molar-refractivity contribution in [1.82, 2.24) is 15.3 Å². The van der Waals surface area contributed by atoms with Gasteiger partial charge in [0.15, 0.2) is 5.11 Å². The van der Waals surface area contributed by atoms with Crippen LogP contribution >= 0.6 is 32.4 Å². The summed E-state index contributed by atoms with van der Waals surface area (Å²) >= 11 is 6.09. The van der Waals surface area contributed by atoms with Gasteiger partial charge in [0, 0.05) is 19.3 Å². The van der Waals surface area contributed by atoms with Crippen LogP contribution < -0.4 is 5.43 Å². The Kier molecular flexibility index (Phi) is 10.8. The Labute approximate surface area is 145 Å². The third-order valence-corrected chi connectivity index (χ3v) is 3.29. The Morgan fingerprint density at radius 3 is 2.52 bits per heavy atom. The van der Waals surface area contributed by atoms with Crippen molar-refractivity contribution in [2.75, 3.05) is 13.1 Å². The number of nitrogens with zero attached hydrogens (tertiary/aromatic N) is 3. The van der Waals surface area contributed by atoms with E-state index < -0.39 is 0 Å². The molecule has 0 atom stereocenters. The molecule has 0 bridgehead atoms.